The highest BCUT2D eigenvalue weighted by atomic mass is 35.5. The normalized spacial score (nSPS) is 15.8. The number of benzene rings is 1. The third-order valence-corrected chi connectivity index (χ3v) is 6.28. The van der Waals surface area contributed by atoms with Crippen LogP contribution in [-0.4, -0.2) is 43.8 Å². The van der Waals surface area contributed by atoms with Gasteiger partial charge in [0.2, 0.25) is 10.0 Å². The fourth-order valence-electron chi connectivity index (χ4n) is 2.67. The molecule has 1 aromatic heterocycles. The molecule has 2 aromatic rings. The molecule has 0 amide bonds. The van der Waals surface area contributed by atoms with E-state index in [1.54, 1.807) is 6.07 Å². The lowest BCUT2D eigenvalue weighted by molar-refractivity contribution is -0.414. The second kappa shape index (κ2) is 7.14. The number of nitro groups is 1. The minimum atomic E-state index is -3.77. The van der Waals surface area contributed by atoms with E-state index in [1.807, 2.05) is 4.90 Å². The summed E-state index contributed by atoms with van der Waals surface area (Å²) in [6.45, 7) is 1.26. The van der Waals surface area contributed by atoms with Crippen molar-refractivity contribution in [2.75, 3.05) is 31.1 Å². The molecule has 0 aliphatic carbocycles. The molecule has 1 aliphatic heterocycles. The summed E-state index contributed by atoms with van der Waals surface area (Å²) >= 11 is 5.68. The van der Waals surface area contributed by atoms with E-state index in [0.29, 0.717) is 18.9 Å². The summed E-state index contributed by atoms with van der Waals surface area (Å²) in [4.78, 5) is 14.9. The number of anilines is 1. The van der Waals surface area contributed by atoms with Crippen LogP contribution in [0.4, 0.5) is 15.9 Å². The Labute approximate surface area is 154 Å². The van der Waals surface area contributed by atoms with Crippen molar-refractivity contribution in [2.24, 2.45) is 0 Å². The zero-order chi connectivity index (χ0) is 18.9. The monoisotopic (exact) mass is 401 g/mol. The van der Waals surface area contributed by atoms with Crippen molar-refractivity contribution in [1.82, 2.24) is 4.31 Å². The second-order valence-corrected chi connectivity index (χ2v) is 8.00. The number of aromatic amines is 1. The smallest absolute Gasteiger partial charge is 0.259 e. The minimum Gasteiger partial charge on any atom is -0.259 e. The SMILES string of the molecule is O=[N+]([O-])c1ccc(N2CCN(S(=O)(=O)c3ccc(F)c(Cl)c3)CC2)[nH+]c1. The molecule has 1 N–H and O–H groups in total. The van der Waals surface area contributed by atoms with E-state index in [-0.39, 0.29) is 28.7 Å². The molecule has 26 heavy (non-hydrogen) atoms. The number of nitrogens with one attached hydrogen (secondary N) is 1. The highest BCUT2D eigenvalue weighted by Gasteiger charge is 2.32. The molecule has 3 rings (SSSR count). The van der Waals surface area contributed by atoms with E-state index in [9.17, 15) is 22.9 Å². The molecular formula is C15H15ClFN4O4S+. The van der Waals surface area contributed by atoms with Crippen LogP contribution in [0.3, 0.4) is 0 Å². The first-order valence-corrected chi connectivity index (χ1v) is 9.47. The van der Waals surface area contributed by atoms with E-state index in [0.717, 1.165) is 12.1 Å². The molecule has 1 aromatic carbocycles. The molecule has 8 nitrogen and oxygen atoms in total. The maximum Gasteiger partial charge on any atom is 0.308 e. The van der Waals surface area contributed by atoms with Gasteiger partial charge in [0.05, 0.1) is 41.0 Å². The number of halogens is 2. The van der Waals surface area contributed by atoms with E-state index in [2.05, 4.69) is 4.98 Å². The molecule has 2 heterocycles. The Morgan fingerprint density at radius 2 is 1.85 bits per heavy atom. The van der Waals surface area contributed by atoms with Gasteiger partial charge in [0.1, 0.15) is 5.82 Å². The van der Waals surface area contributed by atoms with Crippen LogP contribution < -0.4 is 9.88 Å². The van der Waals surface area contributed by atoms with Gasteiger partial charge in [0.25, 0.3) is 5.82 Å². The Kier molecular flexibility index (Phi) is 5.08. The number of nitrogens with zero attached hydrogens (tertiary/aromatic N) is 3. The zero-order valence-electron chi connectivity index (χ0n) is 13.4. The number of sulfonamides is 1. The Hall–Kier alpha value is -2.30. The number of pyridine rings is 1. The third-order valence-electron chi connectivity index (χ3n) is 4.10. The van der Waals surface area contributed by atoms with E-state index in [4.69, 9.17) is 11.6 Å². The van der Waals surface area contributed by atoms with Crippen LogP contribution in [0.25, 0.3) is 0 Å². The summed E-state index contributed by atoms with van der Waals surface area (Å²) in [6, 6.07) is 6.28. The fraction of sp³-hybridized carbons (Fsp3) is 0.267. The molecule has 1 aliphatic rings. The minimum absolute atomic E-state index is 0.0526. The molecule has 0 spiro atoms. The van der Waals surface area contributed by atoms with Crippen LogP contribution in [0, 0.1) is 15.9 Å². The van der Waals surface area contributed by atoms with Crippen LogP contribution in [0.15, 0.2) is 41.4 Å². The van der Waals surface area contributed by atoms with Gasteiger partial charge in [-0.25, -0.2) is 17.8 Å². The lowest BCUT2D eigenvalue weighted by atomic mass is 10.3. The number of piperazine rings is 1. The Morgan fingerprint density at radius 3 is 2.38 bits per heavy atom. The molecule has 138 valence electrons. The van der Waals surface area contributed by atoms with Crippen molar-refractivity contribution in [3.05, 3.63) is 57.5 Å². The maximum absolute atomic E-state index is 13.3. The molecule has 1 saturated heterocycles. The van der Waals surface area contributed by atoms with Gasteiger partial charge in [-0.1, -0.05) is 11.6 Å². The lowest BCUT2D eigenvalue weighted by Gasteiger charge is -2.30. The lowest BCUT2D eigenvalue weighted by Crippen LogP contribution is -2.49. The van der Waals surface area contributed by atoms with Crippen molar-refractivity contribution in [1.29, 1.82) is 0 Å². The summed E-state index contributed by atoms with van der Waals surface area (Å²) in [5, 5.41) is 10.4. The Bertz CT molecular complexity index is 931. The van der Waals surface area contributed by atoms with Gasteiger partial charge in [-0.05, 0) is 18.2 Å². The van der Waals surface area contributed by atoms with Gasteiger partial charge < -0.3 is 0 Å². The molecule has 1 fully saturated rings. The van der Waals surface area contributed by atoms with Gasteiger partial charge in [0, 0.05) is 12.1 Å². The molecule has 11 heteroatoms. The van der Waals surface area contributed by atoms with Crippen molar-refractivity contribution < 1.29 is 22.7 Å². The Balaban J connectivity index is 1.71. The molecule has 0 bridgehead atoms. The highest BCUT2D eigenvalue weighted by Crippen LogP contribution is 2.24. The van der Waals surface area contributed by atoms with Crippen LogP contribution in [0.2, 0.25) is 5.02 Å². The molecule has 0 radical (unpaired) electrons. The van der Waals surface area contributed by atoms with Crippen LogP contribution in [-0.2, 0) is 10.0 Å². The molecule has 0 unspecified atom stereocenters. The zero-order valence-corrected chi connectivity index (χ0v) is 15.0. The van der Waals surface area contributed by atoms with Gasteiger partial charge >= 0.3 is 5.69 Å². The highest BCUT2D eigenvalue weighted by molar-refractivity contribution is 7.89. The third kappa shape index (κ3) is 3.62. The molecular weight excluding hydrogens is 387 g/mol. The first-order valence-electron chi connectivity index (χ1n) is 7.65. The van der Waals surface area contributed by atoms with Crippen LogP contribution >= 0.6 is 11.6 Å². The van der Waals surface area contributed by atoms with Crippen molar-refractivity contribution in [3.63, 3.8) is 0 Å². The molecule has 0 atom stereocenters. The largest absolute Gasteiger partial charge is 0.308 e. The quantitative estimate of drug-likeness (QED) is 0.573. The summed E-state index contributed by atoms with van der Waals surface area (Å²) in [5.74, 6) is -0.0124. The standard InChI is InChI=1S/C15H14ClFN4O4S/c16-13-9-12(2-3-14(13)17)26(24,25)20-7-5-19(6-8-20)15-4-1-11(10-18-15)21(22)23/h1-4,9-10H,5-8H2/p+1. The van der Waals surface area contributed by atoms with E-state index < -0.39 is 20.8 Å². The van der Waals surface area contributed by atoms with Crippen molar-refractivity contribution >= 4 is 33.1 Å². The summed E-state index contributed by atoms with van der Waals surface area (Å²) < 4.78 is 39.9. The number of H-pyrrole nitrogens is 1. The summed E-state index contributed by atoms with van der Waals surface area (Å²) in [5.41, 5.74) is -0.0526. The van der Waals surface area contributed by atoms with Gasteiger partial charge in [0.15, 0.2) is 6.20 Å². The van der Waals surface area contributed by atoms with Crippen molar-refractivity contribution in [3.8, 4) is 0 Å². The van der Waals surface area contributed by atoms with Crippen LogP contribution in [0.1, 0.15) is 0 Å². The maximum atomic E-state index is 13.3. The van der Waals surface area contributed by atoms with Crippen LogP contribution in [0.5, 0.6) is 0 Å². The van der Waals surface area contributed by atoms with Gasteiger partial charge in [-0.3, -0.25) is 15.0 Å². The number of hydrogen-bond acceptors (Lipinski definition) is 5. The summed E-state index contributed by atoms with van der Waals surface area (Å²) in [7, 11) is -3.77. The number of rotatable bonds is 4. The number of hydrogen-bond donors (Lipinski definition) is 0. The van der Waals surface area contributed by atoms with E-state index in [1.165, 1.54) is 22.6 Å². The predicted molar refractivity (Wildman–Crippen MR) is 92.0 cm³/mol. The summed E-state index contributed by atoms with van der Waals surface area (Å²) in [6.07, 6.45) is 1.29. The van der Waals surface area contributed by atoms with Gasteiger partial charge in [-0.2, -0.15) is 4.31 Å². The first-order chi connectivity index (χ1) is 12.3. The topological polar surface area (TPSA) is 97.9 Å². The second-order valence-electron chi connectivity index (χ2n) is 5.66. The average molecular weight is 402 g/mol. The Morgan fingerprint density at radius 1 is 1.15 bits per heavy atom. The predicted octanol–water partition coefficient (Wildman–Crippen LogP) is 1.71. The average Bonchev–Trinajstić information content (AvgIpc) is 2.64. The van der Waals surface area contributed by atoms with Crippen molar-refractivity contribution in [2.45, 2.75) is 4.90 Å². The first kappa shape index (κ1) is 18.5. The van der Waals surface area contributed by atoms with Gasteiger partial charge in [-0.15, -0.1) is 0 Å². The van der Waals surface area contributed by atoms with E-state index >= 15 is 0 Å². The fourth-order valence-corrected chi connectivity index (χ4v) is 4.37. The number of aromatic nitrogens is 1. The molecule has 0 saturated carbocycles.